The van der Waals surface area contributed by atoms with Crippen molar-refractivity contribution in [1.29, 1.82) is 0 Å². The van der Waals surface area contributed by atoms with Crippen molar-refractivity contribution in [2.45, 2.75) is 26.2 Å². The smallest absolute Gasteiger partial charge is 0.0382 e. The zero-order chi connectivity index (χ0) is 6.95. The van der Waals surface area contributed by atoms with Gasteiger partial charge >= 0.3 is 0 Å². The van der Waals surface area contributed by atoms with Crippen LogP contribution in [-0.2, 0) is 0 Å². The maximum Gasteiger partial charge on any atom is 0.0382 e. The first-order valence-corrected chi connectivity index (χ1v) is 3.33. The molecule has 0 aliphatic carbocycles. The number of hydrogen-bond acceptors (Lipinski definition) is 1. The van der Waals surface area contributed by atoms with Crippen LogP contribution in [0.1, 0.15) is 26.2 Å². The quantitative estimate of drug-likeness (QED) is 0.307. The van der Waals surface area contributed by atoms with Gasteiger partial charge in [0.05, 0.1) is 0 Å². The highest BCUT2D eigenvalue weighted by molar-refractivity contribution is 5.57. The van der Waals surface area contributed by atoms with E-state index in [-0.39, 0.29) is 0 Å². The van der Waals surface area contributed by atoms with E-state index in [0.717, 1.165) is 25.8 Å². The maximum absolute atomic E-state index is 5.03. The topological polar surface area (TPSA) is 12.4 Å². The lowest BCUT2D eigenvalue weighted by Gasteiger charge is -1.84. The minimum absolute atomic E-state index is 0.813. The van der Waals surface area contributed by atoms with Gasteiger partial charge in [0.2, 0.25) is 0 Å². The molecular weight excluding hydrogens is 110 g/mol. The van der Waals surface area contributed by atoms with Gasteiger partial charge in [-0.15, -0.1) is 12.3 Å². The standard InChI is InChI=1S/C8H13N/c1-3-5-6-8-9-7-4-2/h1,8H,4-7H2,2H3. The van der Waals surface area contributed by atoms with E-state index < -0.39 is 0 Å². The first-order valence-electron chi connectivity index (χ1n) is 3.33. The number of aliphatic imine (C=N–C) groups is 1. The van der Waals surface area contributed by atoms with Gasteiger partial charge in [0.1, 0.15) is 0 Å². The lowest BCUT2D eigenvalue weighted by Crippen LogP contribution is -1.78. The van der Waals surface area contributed by atoms with Gasteiger partial charge in [-0.2, -0.15) is 0 Å². The zero-order valence-corrected chi connectivity index (χ0v) is 5.93. The molecule has 0 amide bonds. The highest BCUT2D eigenvalue weighted by atomic mass is 14.7. The summed E-state index contributed by atoms with van der Waals surface area (Å²) in [6, 6.07) is 0. The molecule has 0 unspecified atom stereocenters. The lowest BCUT2D eigenvalue weighted by atomic mass is 10.3. The van der Waals surface area contributed by atoms with E-state index >= 15 is 0 Å². The summed E-state index contributed by atoms with van der Waals surface area (Å²) < 4.78 is 0. The summed E-state index contributed by atoms with van der Waals surface area (Å²) in [6.45, 7) is 3.04. The average Bonchev–Trinajstić information content (AvgIpc) is 1.89. The fourth-order valence-electron chi connectivity index (χ4n) is 0.460. The van der Waals surface area contributed by atoms with Crippen LogP contribution in [0.3, 0.4) is 0 Å². The summed E-state index contributed by atoms with van der Waals surface area (Å²) in [7, 11) is 0. The van der Waals surface area contributed by atoms with Gasteiger partial charge in [0.15, 0.2) is 0 Å². The monoisotopic (exact) mass is 123 g/mol. The molecule has 0 aromatic heterocycles. The van der Waals surface area contributed by atoms with Crippen molar-refractivity contribution in [3.05, 3.63) is 0 Å². The third kappa shape index (κ3) is 7.23. The summed E-state index contributed by atoms with van der Waals surface area (Å²) in [4.78, 5) is 4.11. The van der Waals surface area contributed by atoms with Gasteiger partial charge in [-0.25, -0.2) is 0 Å². The van der Waals surface area contributed by atoms with Crippen LogP contribution >= 0.6 is 0 Å². The van der Waals surface area contributed by atoms with Gasteiger partial charge in [-0.1, -0.05) is 6.92 Å². The minimum Gasteiger partial charge on any atom is -0.298 e. The van der Waals surface area contributed by atoms with E-state index in [1.807, 2.05) is 6.21 Å². The van der Waals surface area contributed by atoms with Gasteiger partial charge in [0.25, 0.3) is 0 Å². The fourth-order valence-corrected chi connectivity index (χ4v) is 0.460. The molecule has 0 N–H and O–H groups in total. The van der Waals surface area contributed by atoms with E-state index in [0.29, 0.717) is 0 Å². The molecule has 1 nitrogen and oxygen atoms in total. The van der Waals surface area contributed by atoms with Crippen molar-refractivity contribution < 1.29 is 0 Å². The van der Waals surface area contributed by atoms with Gasteiger partial charge in [-0.05, 0) is 19.1 Å². The summed E-state index contributed by atoms with van der Waals surface area (Å²) >= 11 is 0. The molecule has 0 aliphatic rings. The third-order valence-corrected chi connectivity index (χ3v) is 0.900. The predicted molar refractivity (Wildman–Crippen MR) is 41.7 cm³/mol. The van der Waals surface area contributed by atoms with E-state index in [2.05, 4.69) is 17.8 Å². The molecule has 0 aromatic carbocycles. The molecule has 0 radical (unpaired) electrons. The SMILES string of the molecule is C#CCCC=NCCC. The zero-order valence-electron chi connectivity index (χ0n) is 5.93. The molecule has 9 heavy (non-hydrogen) atoms. The van der Waals surface area contributed by atoms with E-state index in [4.69, 9.17) is 6.42 Å². The van der Waals surface area contributed by atoms with Crippen LogP contribution < -0.4 is 0 Å². The second kappa shape index (κ2) is 7.23. The normalized spacial score (nSPS) is 9.78. The van der Waals surface area contributed by atoms with Gasteiger partial charge in [0, 0.05) is 13.0 Å². The van der Waals surface area contributed by atoms with Crippen molar-refractivity contribution >= 4 is 6.21 Å². The Hall–Kier alpha value is -0.770. The van der Waals surface area contributed by atoms with Crippen molar-refractivity contribution in [1.82, 2.24) is 0 Å². The lowest BCUT2D eigenvalue weighted by molar-refractivity contribution is 0.930. The van der Waals surface area contributed by atoms with E-state index in [1.54, 1.807) is 0 Å². The Labute approximate surface area is 57.2 Å². The van der Waals surface area contributed by atoms with Crippen LogP contribution in [0.4, 0.5) is 0 Å². The van der Waals surface area contributed by atoms with Crippen LogP contribution in [0.2, 0.25) is 0 Å². The number of nitrogens with zero attached hydrogens (tertiary/aromatic N) is 1. The second-order valence-corrected chi connectivity index (χ2v) is 1.83. The van der Waals surface area contributed by atoms with Crippen LogP contribution in [0, 0.1) is 12.3 Å². The summed E-state index contributed by atoms with van der Waals surface area (Å²) in [6.07, 6.45) is 9.80. The molecule has 0 saturated carbocycles. The maximum atomic E-state index is 5.03. The Bertz CT molecular complexity index is 108. The Kier molecular flexibility index (Phi) is 6.61. The highest BCUT2D eigenvalue weighted by Gasteiger charge is 1.74. The molecule has 50 valence electrons. The Morgan fingerprint density at radius 3 is 3.00 bits per heavy atom. The molecule has 0 heterocycles. The molecule has 0 atom stereocenters. The number of unbranched alkanes of at least 4 members (excludes halogenated alkanes) is 1. The van der Waals surface area contributed by atoms with Crippen molar-refractivity contribution in [2.75, 3.05) is 6.54 Å². The number of terminal acetylenes is 1. The molecule has 0 aliphatic heterocycles. The number of hydrogen-bond donors (Lipinski definition) is 0. The Balaban J connectivity index is 2.97. The predicted octanol–water partition coefficient (Wildman–Crippen LogP) is 1.88. The van der Waals surface area contributed by atoms with E-state index in [9.17, 15) is 0 Å². The molecule has 0 bridgehead atoms. The molecule has 0 aromatic rings. The highest BCUT2D eigenvalue weighted by Crippen LogP contribution is 1.82. The molecule has 0 fully saturated rings. The number of rotatable bonds is 4. The van der Waals surface area contributed by atoms with Gasteiger partial charge in [-0.3, -0.25) is 4.99 Å². The van der Waals surface area contributed by atoms with Crippen LogP contribution in [0.5, 0.6) is 0 Å². The Morgan fingerprint density at radius 1 is 1.67 bits per heavy atom. The molecule has 0 rings (SSSR count). The van der Waals surface area contributed by atoms with Crippen molar-refractivity contribution in [3.63, 3.8) is 0 Å². The van der Waals surface area contributed by atoms with Crippen molar-refractivity contribution in [3.8, 4) is 12.3 Å². The van der Waals surface area contributed by atoms with Crippen LogP contribution in [0.15, 0.2) is 4.99 Å². The third-order valence-electron chi connectivity index (χ3n) is 0.900. The molecule has 1 heteroatoms. The molecule has 0 spiro atoms. The summed E-state index contributed by atoms with van der Waals surface area (Å²) in [5.41, 5.74) is 0. The summed E-state index contributed by atoms with van der Waals surface area (Å²) in [5.74, 6) is 2.55. The van der Waals surface area contributed by atoms with Crippen LogP contribution in [-0.4, -0.2) is 12.8 Å². The molecular formula is C8H13N. The van der Waals surface area contributed by atoms with Crippen molar-refractivity contribution in [2.24, 2.45) is 4.99 Å². The van der Waals surface area contributed by atoms with Crippen LogP contribution in [0.25, 0.3) is 0 Å². The van der Waals surface area contributed by atoms with Gasteiger partial charge < -0.3 is 0 Å². The van der Waals surface area contributed by atoms with E-state index in [1.165, 1.54) is 0 Å². The first kappa shape index (κ1) is 8.23. The minimum atomic E-state index is 0.813. The first-order chi connectivity index (χ1) is 4.41. The second-order valence-electron chi connectivity index (χ2n) is 1.83. The fraction of sp³-hybridized carbons (Fsp3) is 0.625. The summed E-state index contributed by atoms with van der Waals surface area (Å²) in [5, 5.41) is 0. The molecule has 0 saturated heterocycles. The Morgan fingerprint density at radius 2 is 2.44 bits per heavy atom. The largest absolute Gasteiger partial charge is 0.298 e. The average molecular weight is 123 g/mol.